The van der Waals surface area contributed by atoms with Gasteiger partial charge in [0.25, 0.3) is 0 Å². The summed E-state index contributed by atoms with van der Waals surface area (Å²) in [5, 5.41) is 11.6. The molecule has 2 aromatic carbocycles. The number of ether oxygens (including phenoxy) is 3. The minimum absolute atomic E-state index is 0.348. The molecular weight excluding hydrogens is 352 g/mol. The normalized spacial score (nSPS) is 10.3. The van der Waals surface area contributed by atoms with Gasteiger partial charge in [-0.3, -0.25) is 9.78 Å². The van der Waals surface area contributed by atoms with E-state index in [2.05, 4.69) is 10.3 Å². The Kier molecular flexibility index (Phi) is 5.07. The Morgan fingerprint density at radius 2 is 1.63 bits per heavy atom. The number of benzene rings is 2. The summed E-state index contributed by atoms with van der Waals surface area (Å²) < 4.78 is 16.5. The summed E-state index contributed by atoms with van der Waals surface area (Å²) in [4.78, 5) is 26.1. The van der Waals surface area contributed by atoms with E-state index in [1.165, 1.54) is 0 Å². The third kappa shape index (κ3) is 3.90. The molecule has 8 heteroatoms. The molecule has 0 atom stereocenters. The molecule has 0 radical (unpaired) electrons. The van der Waals surface area contributed by atoms with Crippen LogP contribution in [0.2, 0.25) is 0 Å². The van der Waals surface area contributed by atoms with Crippen LogP contribution < -0.4 is 19.5 Å². The minimum atomic E-state index is -1.55. The Morgan fingerprint density at radius 1 is 0.963 bits per heavy atom. The second-order valence-electron chi connectivity index (χ2n) is 5.42. The standard InChI is InChI=1S/C19H16N2O6/c1-25-16-9-13-14(10-17(16)26-2)20-8-7-15(13)27-12-5-3-11(4-6-12)21-18(22)19(23)24/h3-10H,1-2H3,(H,21,22)(H,23,24). The third-order valence-corrected chi connectivity index (χ3v) is 3.74. The predicted molar refractivity (Wildman–Crippen MR) is 97.6 cm³/mol. The molecule has 0 bridgehead atoms. The number of hydrogen-bond acceptors (Lipinski definition) is 6. The number of anilines is 1. The first-order chi connectivity index (χ1) is 13.0. The van der Waals surface area contributed by atoms with Crippen LogP contribution in [-0.4, -0.2) is 36.2 Å². The van der Waals surface area contributed by atoms with Crippen LogP contribution >= 0.6 is 0 Å². The topological polar surface area (TPSA) is 107 Å². The monoisotopic (exact) mass is 368 g/mol. The number of aromatic nitrogens is 1. The van der Waals surface area contributed by atoms with E-state index in [0.29, 0.717) is 34.2 Å². The average molecular weight is 368 g/mol. The molecule has 0 saturated heterocycles. The van der Waals surface area contributed by atoms with Crippen LogP contribution in [0, 0.1) is 0 Å². The van der Waals surface area contributed by atoms with Crippen molar-refractivity contribution in [1.82, 2.24) is 4.98 Å². The molecule has 0 aliphatic rings. The molecule has 0 aliphatic heterocycles. The van der Waals surface area contributed by atoms with Crippen LogP contribution in [0.4, 0.5) is 5.69 Å². The first-order valence-corrected chi connectivity index (χ1v) is 7.84. The number of fused-ring (bicyclic) bond motifs is 1. The van der Waals surface area contributed by atoms with Crippen LogP contribution in [0.1, 0.15) is 0 Å². The molecule has 1 amide bonds. The number of pyridine rings is 1. The van der Waals surface area contributed by atoms with Crippen molar-refractivity contribution in [3.63, 3.8) is 0 Å². The number of methoxy groups -OCH3 is 2. The van der Waals surface area contributed by atoms with Gasteiger partial charge in [-0.05, 0) is 36.4 Å². The molecule has 3 rings (SSSR count). The van der Waals surface area contributed by atoms with Crippen molar-refractivity contribution in [3.8, 4) is 23.0 Å². The van der Waals surface area contributed by atoms with Gasteiger partial charge in [0.05, 0.1) is 19.7 Å². The summed E-state index contributed by atoms with van der Waals surface area (Å²) in [7, 11) is 3.10. The molecule has 0 spiro atoms. The van der Waals surface area contributed by atoms with Crippen molar-refractivity contribution in [2.75, 3.05) is 19.5 Å². The van der Waals surface area contributed by atoms with Gasteiger partial charge in [0.1, 0.15) is 11.5 Å². The Labute approximate surface area is 154 Å². The lowest BCUT2D eigenvalue weighted by molar-refractivity contribution is -0.147. The van der Waals surface area contributed by atoms with Crippen molar-refractivity contribution >= 4 is 28.5 Å². The zero-order chi connectivity index (χ0) is 19.4. The summed E-state index contributed by atoms with van der Waals surface area (Å²) in [5.41, 5.74) is 1.02. The van der Waals surface area contributed by atoms with Gasteiger partial charge in [-0.25, -0.2) is 4.79 Å². The first kappa shape index (κ1) is 18.0. The van der Waals surface area contributed by atoms with E-state index in [1.54, 1.807) is 62.9 Å². The molecule has 0 aliphatic carbocycles. The van der Waals surface area contributed by atoms with Gasteiger partial charge in [-0.15, -0.1) is 0 Å². The Bertz CT molecular complexity index is 1000. The molecule has 27 heavy (non-hydrogen) atoms. The summed E-state index contributed by atoms with van der Waals surface area (Å²) in [6, 6.07) is 11.6. The number of nitrogens with one attached hydrogen (secondary N) is 1. The predicted octanol–water partition coefficient (Wildman–Crippen LogP) is 3.07. The van der Waals surface area contributed by atoms with Gasteiger partial charge in [0.15, 0.2) is 11.5 Å². The number of aliphatic carboxylic acids is 1. The Hall–Kier alpha value is -3.81. The average Bonchev–Trinajstić information content (AvgIpc) is 2.68. The third-order valence-electron chi connectivity index (χ3n) is 3.74. The maximum Gasteiger partial charge on any atom is 0.394 e. The molecule has 0 fully saturated rings. The summed E-state index contributed by atoms with van der Waals surface area (Å²) >= 11 is 0. The number of amides is 1. The van der Waals surface area contributed by atoms with E-state index < -0.39 is 11.9 Å². The van der Waals surface area contributed by atoms with Crippen molar-refractivity contribution in [3.05, 3.63) is 48.7 Å². The Balaban J connectivity index is 1.88. The highest BCUT2D eigenvalue weighted by Gasteiger charge is 2.13. The lowest BCUT2D eigenvalue weighted by Crippen LogP contribution is -2.21. The fourth-order valence-electron chi connectivity index (χ4n) is 2.45. The highest BCUT2D eigenvalue weighted by atomic mass is 16.5. The number of carbonyl (C=O) groups excluding carboxylic acids is 1. The fraction of sp³-hybridized carbons (Fsp3) is 0.105. The van der Waals surface area contributed by atoms with Crippen LogP contribution in [0.5, 0.6) is 23.0 Å². The summed E-state index contributed by atoms with van der Waals surface area (Å²) in [6.45, 7) is 0. The maximum absolute atomic E-state index is 11.2. The number of hydrogen-bond donors (Lipinski definition) is 2. The second-order valence-corrected chi connectivity index (χ2v) is 5.42. The van der Waals surface area contributed by atoms with Gasteiger partial charge < -0.3 is 24.6 Å². The van der Waals surface area contributed by atoms with E-state index in [4.69, 9.17) is 19.3 Å². The van der Waals surface area contributed by atoms with E-state index in [1.807, 2.05) is 0 Å². The minimum Gasteiger partial charge on any atom is -0.493 e. The highest BCUT2D eigenvalue weighted by Crippen LogP contribution is 2.36. The quantitative estimate of drug-likeness (QED) is 0.667. The van der Waals surface area contributed by atoms with E-state index >= 15 is 0 Å². The SMILES string of the molecule is COc1cc2nccc(Oc3ccc(NC(=O)C(=O)O)cc3)c2cc1OC. The van der Waals surface area contributed by atoms with Gasteiger partial charge >= 0.3 is 11.9 Å². The van der Waals surface area contributed by atoms with Gasteiger partial charge in [0, 0.05) is 23.3 Å². The maximum atomic E-state index is 11.2. The molecule has 1 aromatic heterocycles. The lowest BCUT2D eigenvalue weighted by Gasteiger charge is -2.12. The highest BCUT2D eigenvalue weighted by molar-refractivity contribution is 6.36. The van der Waals surface area contributed by atoms with Crippen LogP contribution in [-0.2, 0) is 9.59 Å². The number of carboxylic acid groups (broad SMARTS) is 1. The first-order valence-electron chi connectivity index (χ1n) is 7.84. The molecule has 0 saturated carbocycles. The van der Waals surface area contributed by atoms with Crippen molar-refractivity contribution in [1.29, 1.82) is 0 Å². The molecule has 3 aromatic rings. The molecular formula is C19H16N2O6. The smallest absolute Gasteiger partial charge is 0.394 e. The fourth-order valence-corrected chi connectivity index (χ4v) is 2.45. The molecule has 0 unspecified atom stereocenters. The summed E-state index contributed by atoms with van der Waals surface area (Å²) in [6.07, 6.45) is 1.62. The second kappa shape index (κ2) is 7.61. The van der Waals surface area contributed by atoms with Gasteiger partial charge in [0.2, 0.25) is 0 Å². The van der Waals surface area contributed by atoms with Crippen molar-refractivity contribution in [2.24, 2.45) is 0 Å². The van der Waals surface area contributed by atoms with Gasteiger partial charge in [-0.2, -0.15) is 0 Å². The van der Waals surface area contributed by atoms with Crippen LogP contribution in [0.25, 0.3) is 10.9 Å². The lowest BCUT2D eigenvalue weighted by atomic mass is 10.2. The molecule has 2 N–H and O–H groups in total. The number of nitrogens with zero attached hydrogens (tertiary/aromatic N) is 1. The van der Waals surface area contributed by atoms with Crippen LogP contribution in [0.15, 0.2) is 48.7 Å². The molecule has 8 nitrogen and oxygen atoms in total. The van der Waals surface area contributed by atoms with Crippen LogP contribution in [0.3, 0.4) is 0 Å². The number of carbonyl (C=O) groups is 2. The van der Waals surface area contributed by atoms with Crippen molar-refractivity contribution in [2.45, 2.75) is 0 Å². The Morgan fingerprint density at radius 3 is 2.26 bits per heavy atom. The van der Waals surface area contributed by atoms with E-state index in [9.17, 15) is 9.59 Å². The molecule has 138 valence electrons. The summed E-state index contributed by atoms with van der Waals surface area (Å²) in [5.74, 6) is -0.482. The van der Waals surface area contributed by atoms with Crippen molar-refractivity contribution < 1.29 is 28.9 Å². The van der Waals surface area contributed by atoms with Gasteiger partial charge in [-0.1, -0.05) is 0 Å². The van der Waals surface area contributed by atoms with E-state index in [0.717, 1.165) is 5.39 Å². The van der Waals surface area contributed by atoms with E-state index in [-0.39, 0.29) is 0 Å². The zero-order valence-corrected chi connectivity index (χ0v) is 14.6. The largest absolute Gasteiger partial charge is 0.493 e. The number of rotatable bonds is 5. The number of carboxylic acids is 1. The zero-order valence-electron chi connectivity index (χ0n) is 14.6. The molecule has 1 heterocycles.